The van der Waals surface area contributed by atoms with E-state index in [2.05, 4.69) is 80.5 Å². The van der Waals surface area contributed by atoms with Crippen LogP contribution in [0.5, 0.6) is 0 Å². The van der Waals surface area contributed by atoms with Gasteiger partial charge in [0.1, 0.15) is 0 Å². The van der Waals surface area contributed by atoms with E-state index < -0.39 is 0 Å². The summed E-state index contributed by atoms with van der Waals surface area (Å²) in [5.41, 5.74) is 9.94. The zero-order valence-corrected chi connectivity index (χ0v) is 12.6. The minimum atomic E-state index is 0.345. The van der Waals surface area contributed by atoms with Gasteiger partial charge in [0.2, 0.25) is 0 Å². The van der Waals surface area contributed by atoms with Crippen molar-refractivity contribution in [2.75, 3.05) is 25.5 Å². The number of nitrogens with two attached hydrogens (primary N) is 1. The number of rotatable bonds is 5. The van der Waals surface area contributed by atoms with E-state index in [9.17, 15) is 0 Å². The molecule has 2 atom stereocenters. The summed E-state index contributed by atoms with van der Waals surface area (Å²) in [6.07, 6.45) is 0. The number of hydrogen-bond acceptors (Lipinski definition) is 2. The van der Waals surface area contributed by atoms with Crippen LogP contribution in [0.1, 0.15) is 29.9 Å². The van der Waals surface area contributed by atoms with E-state index in [1.807, 2.05) is 0 Å². The smallest absolute Gasteiger partial charge is 0.0363 e. The van der Waals surface area contributed by atoms with Gasteiger partial charge >= 0.3 is 0 Å². The molecule has 2 N–H and O–H groups in total. The Hall–Kier alpha value is -1.80. The van der Waals surface area contributed by atoms with Crippen LogP contribution in [0.2, 0.25) is 0 Å². The van der Waals surface area contributed by atoms with Crippen LogP contribution < -0.4 is 10.6 Å². The molecule has 2 rings (SSSR count). The molecule has 20 heavy (non-hydrogen) atoms. The Bertz CT molecular complexity index is 534. The second-order valence-electron chi connectivity index (χ2n) is 5.53. The summed E-state index contributed by atoms with van der Waals surface area (Å²) < 4.78 is 0. The van der Waals surface area contributed by atoms with Crippen LogP contribution in [0, 0.1) is 0 Å². The van der Waals surface area contributed by atoms with Crippen molar-refractivity contribution in [3.05, 3.63) is 65.7 Å². The zero-order chi connectivity index (χ0) is 14.5. The lowest BCUT2D eigenvalue weighted by Gasteiger charge is -2.25. The molecule has 2 aromatic carbocycles. The van der Waals surface area contributed by atoms with Gasteiger partial charge in [-0.1, -0.05) is 49.4 Å². The van der Waals surface area contributed by atoms with Crippen molar-refractivity contribution in [2.24, 2.45) is 5.73 Å². The highest BCUT2D eigenvalue weighted by atomic mass is 15.1. The Morgan fingerprint density at radius 2 is 1.60 bits per heavy atom. The SMILES string of the molecule is CC(c1ccccc1)C(CN)c1cccc(N(C)C)c1. The molecule has 0 bridgehead atoms. The first-order chi connectivity index (χ1) is 9.63. The first-order valence-corrected chi connectivity index (χ1v) is 7.15. The molecule has 0 aliphatic rings. The van der Waals surface area contributed by atoms with Crippen LogP contribution in [0.15, 0.2) is 54.6 Å². The van der Waals surface area contributed by atoms with E-state index in [0.29, 0.717) is 18.4 Å². The molecular weight excluding hydrogens is 244 g/mol. The minimum absolute atomic E-state index is 0.345. The molecule has 106 valence electrons. The van der Waals surface area contributed by atoms with Gasteiger partial charge in [-0.2, -0.15) is 0 Å². The molecule has 2 aromatic rings. The maximum absolute atomic E-state index is 6.06. The largest absolute Gasteiger partial charge is 0.378 e. The molecule has 0 amide bonds. The van der Waals surface area contributed by atoms with Crippen LogP contribution in [-0.2, 0) is 0 Å². The quantitative estimate of drug-likeness (QED) is 0.897. The highest BCUT2D eigenvalue weighted by Gasteiger charge is 2.19. The number of nitrogens with zero attached hydrogens (tertiary/aromatic N) is 1. The first kappa shape index (κ1) is 14.6. The van der Waals surface area contributed by atoms with Crippen LogP contribution in [-0.4, -0.2) is 20.6 Å². The van der Waals surface area contributed by atoms with E-state index >= 15 is 0 Å². The predicted molar refractivity (Wildman–Crippen MR) is 87.4 cm³/mol. The van der Waals surface area contributed by atoms with Crippen molar-refractivity contribution in [3.63, 3.8) is 0 Å². The molecule has 0 saturated carbocycles. The van der Waals surface area contributed by atoms with E-state index in [4.69, 9.17) is 5.73 Å². The molecule has 2 unspecified atom stereocenters. The van der Waals surface area contributed by atoms with Crippen molar-refractivity contribution >= 4 is 5.69 Å². The van der Waals surface area contributed by atoms with E-state index in [0.717, 1.165) is 0 Å². The van der Waals surface area contributed by atoms with Gasteiger partial charge in [-0.25, -0.2) is 0 Å². The Morgan fingerprint density at radius 1 is 0.950 bits per heavy atom. The van der Waals surface area contributed by atoms with Crippen molar-refractivity contribution < 1.29 is 0 Å². The lowest BCUT2D eigenvalue weighted by molar-refractivity contribution is 0.584. The Balaban J connectivity index is 2.30. The summed E-state index contributed by atoms with van der Waals surface area (Å²) >= 11 is 0. The molecule has 0 radical (unpaired) electrons. The number of benzene rings is 2. The third-order valence-corrected chi connectivity index (χ3v) is 4.00. The van der Waals surface area contributed by atoms with E-state index in [1.165, 1.54) is 16.8 Å². The molecule has 0 saturated heterocycles. The summed E-state index contributed by atoms with van der Waals surface area (Å²) in [4.78, 5) is 2.13. The standard InChI is InChI=1S/C18H24N2/c1-14(15-8-5-4-6-9-15)18(13-19)16-10-7-11-17(12-16)20(2)3/h4-12,14,18H,13,19H2,1-3H3. The van der Waals surface area contributed by atoms with Gasteiger partial charge in [-0.15, -0.1) is 0 Å². The van der Waals surface area contributed by atoms with Gasteiger partial charge in [-0.3, -0.25) is 0 Å². The molecule has 2 nitrogen and oxygen atoms in total. The Kier molecular flexibility index (Phi) is 4.80. The summed E-state index contributed by atoms with van der Waals surface area (Å²) in [6.45, 7) is 2.92. The molecule has 0 spiro atoms. The second kappa shape index (κ2) is 6.58. The summed E-state index contributed by atoms with van der Waals surface area (Å²) in [7, 11) is 4.13. The fourth-order valence-electron chi connectivity index (χ4n) is 2.65. The fourth-order valence-corrected chi connectivity index (χ4v) is 2.65. The molecule has 0 fully saturated rings. The lowest BCUT2D eigenvalue weighted by Crippen LogP contribution is -2.19. The molecule has 0 aliphatic heterocycles. The van der Waals surface area contributed by atoms with Crippen LogP contribution in [0.3, 0.4) is 0 Å². The van der Waals surface area contributed by atoms with Crippen molar-refractivity contribution in [3.8, 4) is 0 Å². The third kappa shape index (κ3) is 3.20. The van der Waals surface area contributed by atoms with E-state index in [-0.39, 0.29) is 0 Å². The van der Waals surface area contributed by atoms with Gasteiger partial charge in [0.25, 0.3) is 0 Å². The topological polar surface area (TPSA) is 29.3 Å². The van der Waals surface area contributed by atoms with Gasteiger partial charge in [0, 0.05) is 25.7 Å². The molecule has 0 heterocycles. The number of anilines is 1. The zero-order valence-electron chi connectivity index (χ0n) is 12.6. The average molecular weight is 268 g/mol. The van der Waals surface area contributed by atoms with Crippen molar-refractivity contribution in [1.29, 1.82) is 0 Å². The maximum atomic E-state index is 6.06. The first-order valence-electron chi connectivity index (χ1n) is 7.15. The summed E-state index contributed by atoms with van der Waals surface area (Å²) in [6, 6.07) is 19.3. The highest BCUT2D eigenvalue weighted by molar-refractivity contribution is 5.48. The number of hydrogen-bond donors (Lipinski definition) is 1. The fraction of sp³-hybridized carbons (Fsp3) is 0.333. The molecule has 2 heteroatoms. The monoisotopic (exact) mass is 268 g/mol. The normalized spacial score (nSPS) is 13.8. The van der Waals surface area contributed by atoms with Gasteiger partial charge < -0.3 is 10.6 Å². The third-order valence-electron chi connectivity index (χ3n) is 4.00. The second-order valence-corrected chi connectivity index (χ2v) is 5.53. The predicted octanol–water partition coefficient (Wildman–Crippen LogP) is 3.60. The van der Waals surface area contributed by atoms with Crippen LogP contribution in [0.4, 0.5) is 5.69 Å². The Morgan fingerprint density at radius 3 is 2.20 bits per heavy atom. The van der Waals surface area contributed by atoms with Crippen molar-refractivity contribution in [1.82, 2.24) is 0 Å². The minimum Gasteiger partial charge on any atom is -0.378 e. The Labute approximate surface area is 122 Å². The molecule has 0 aromatic heterocycles. The lowest BCUT2D eigenvalue weighted by atomic mass is 9.82. The van der Waals surface area contributed by atoms with E-state index in [1.54, 1.807) is 0 Å². The highest BCUT2D eigenvalue weighted by Crippen LogP contribution is 2.33. The van der Waals surface area contributed by atoms with Crippen LogP contribution in [0.25, 0.3) is 0 Å². The molecular formula is C18H24N2. The van der Waals surface area contributed by atoms with Gasteiger partial charge in [0.15, 0.2) is 0 Å². The van der Waals surface area contributed by atoms with Gasteiger partial charge in [-0.05, 0) is 35.7 Å². The molecule has 0 aliphatic carbocycles. The van der Waals surface area contributed by atoms with Gasteiger partial charge in [0.05, 0.1) is 0 Å². The van der Waals surface area contributed by atoms with Crippen molar-refractivity contribution in [2.45, 2.75) is 18.8 Å². The average Bonchev–Trinajstić information content (AvgIpc) is 2.49. The maximum Gasteiger partial charge on any atom is 0.0363 e. The van der Waals surface area contributed by atoms with Crippen LogP contribution >= 0.6 is 0 Å². The summed E-state index contributed by atoms with van der Waals surface area (Å²) in [5.74, 6) is 0.760. The summed E-state index contributed by atoms with van der Waals surface area (Å²) in [5, 5.41) is 0.